The van der Waals surface area contributed by atoms with E-state index in [-0.39, 0.29) is 30.1 Å². The maximum atomic E-state index is 12.8. The van der Waals surface area contributed by atoms with Crippen LogP contribution in [0.1, 0.15) is 52.0 Å². The monoisotopic (exact) mass is 336 g/mol. The number of nitrogens with zero attached hydrogens (tertiary/aromatic N) is 4. The first kappa shape index (κ1) is 18.3. The summed E-state index contributed by atoms with van der Waals surface area (Å²) in [6.45, 7) is 11.8. The van der Waals surface area contributed by atoms with Gasteiger partial charge in [0, 0.05) is 31.9 Å². The molecular weight excluding hydrogens is 308 g/mol. The number of carbonyl (C=O) groups is 2. The second-order valence-electron chi connectivity index (χ2n) is 7.55. The van der Waals surface area contributed by atoms with Crippen molar-refractivity contribution < 1.29 is 14.3 Å². The Bertz CT molecular complexity index is 620. The molecule has 24 heavy (non-hydrogen) atoms. The molecule has 0 aromatic carbocycles. The van der Waals surface area contributed by atoms with E-state index in [9.17, 15) is 9.59 Å². The van der Waals surface area contributed by atoms with Gasteiger partial charge in [-0.2, -0.15) is 5.10 Å². The molecule has 0 saturated carbocycles. The van der Waals surface area contributed by atoms with E-state index in [1.807, 2.05) is 46.4 Å². The number of rotatable bonds is 1. The van der Waals surface area contributed by atoms with Crippen LogP contribution in [0.5, 0.6) is 0 Å². The van der Waals surface area contributed by atoms with Gasteiger partial charge in [-0.15, -0.1) is 0 Å². The Balaban J connectivity index is 2.17. The van der Waals surface area contributed by atoms with Gasteiger partial charge in [-0.25, -0.2) is 4.79 Å². The summed E-state index contributed by atoms with van der Waals surface area (Å²) in [6.07, 6.45) is 1.42. The molecule has 0 bridgehead atoms. The van der Waals surface area contributed by atoms with E-state index in [0.29, 0.717) is 12.2 Å². The van der Waals surface area contributed by atoms with Gasteiger partial charge in [0.2, 0.25) is 0 Å². The third kappa shape index (κ3) is 3.71. The van der Waals surface area contributed by atoms with Crippen molar-refractivity contribution >= 4 is 12.0 Å². The minimum absolute atomic E-state index is 0.105. The largest absolute Gasteiger partial charge is 0.444 e. The standard InChI is InChI=1S/C17H28N4O3/c1-11-10-20(16(23)24-17(4,5)6)12(2)13(3)21(11)15(22)14-8-9-19(7)18-14/h8-9,11-13H,10H2,1-7H3. The van der Waals surface area contributed by atoms with E-state index >= 15 is 0 Å². The van der Waals surface area contributed by atoms with Gasteiger partial charge in [-0.3, -0.25) is 9.48 Å². The maximum Gasteiger partial charge on any atom is 0.410 e. The first-order valence-electron chi connectivity index (χ1n) is 8.33. The highest BCUT2D eigenvalue weighted by molar-refractivity contribution is 5.93. The average molecular weight is 336 g/mol. The number of hydrogen-bond donors (Lipinski definition) is 0. The minimum atomic E-state index is -0.538. The van der Waals surface area contributed by atoms with Crippen molar-refractivity contribution in [2.45, 2.75) is 65.3 Å². The predicted octanol–water partition coefficient (Wildman–Crippen LogP) is 2.28. The zero-order chi connectivity index (χ0) is 18.2. The summed E-state index contributed by atoms with van der Waals surface area (Å²) in [4.78, 5) is 28.8. The van der Waals surface area contributed by atoms with Crippen molar-refractivity contribution in [3.05, 3.63) is 18.0 Å². The van der Waals surface area contributed by atoms with Gasteiger partial charge in [0.15, 0.2) is 0 Å². The molecule has 2 rings (SSSR count). The molecule has 1 aromatic heterocycles. The van der Waals surface area contributed by atoms with Crippen molar-refractivity contribution in [1.29, 1.82) is 0 Å². The van der Waals surface area contributed by atoms with Crippen LogP contribution in [-0.4, -0.2) is 61.9 Å². The van der Waals surface area contributed by atoms with Gasteiger partial charge in [0.1, 0.15) is 11.3 Å². The van der Waals surface area contributed by atoms with Gasteiger partial charge in [0.25, 0.3) is 5.91 Å². The van der Waals surface area contributed by atoms with E-state index in [0.717, 1.165) is 0 Å². The molecule has 3 atom stereocenters. The van der Waals surface area contributed by atoms with E-state index < -0.39 is 5.60 Å². The molecule has 1 aliphatic heterocycles. The third-order valence-electron chi connectivity index (χ3n) is 4.36. The Labute approximate surface area is 143 Å². The fourth-order valence-corrected chi connectivity index (χ4v) is 3.04. The van der Waals surface area contributed by atoms with E-state index in [1.165, 1.54) is 0 Å². The van der Waals surface area contributed by atoms with Crippen LogP contribution in [0.2, 0.25) is 0 Å². The van der Waals surface area contributed by atoms with Gasteiger partial charge in [0.05, 0.1) is 6.04 Å². The van der Waals surface area contributed by atoms with Crippen LogP contribution in [0.3, 0.4) is 0 Å². The third-order valence-corrected chi connectivity index (χ3v) is 4.36. The normalized spacial score (nSPS) is 24.9. The molecule has 0 N–H and O–H groups in total. The summed E-state index contributed by atoms with van der Waals surface area (Å²) in [6, 6.07) is 1.34. The Morgan fingerprint density at radius 2 is 1.83 bits per heavy atom. The fraction of sp³-hybridized carbons (Fsp3) is 0.706. The van der Waals surface area contributed by atoms with Crippen LogP contribution < -0.4 is 0 Å². The minimum Gasteiger partial charge on any atom is -0.444 e. The average Bonchev–Trinajstić information content (AvgIpc) is 2.87. The zero-order valence-electron chi connectivity index (χ0n) is 15.6. The highest BCUT2D eigenvalue weighted by Gasteiger charge is 2.41. The maximum absolute atomic E-state index is 12.8. The lowest BCUT2D eigenvalue weighted by Crippen LogP contribution is -2.64. The van der Waals surface area contributed by atoms with E-state index in [4.69, 9.17) is 4.74 Å². The lowest BCUT2D eigenvalue weighted by atomic mass is 10.00. The van der Waals surface area contributed by atoms with Crippen molar-refractivity contribution in [2.24, 2.45) is 7.05 Å². The molecule has 1 saturated heterocycles. The summed E-state index contributed by atoms with van der Waals surface area (Å²) in [5, 5.41) is 4.20. The topological polar surface area (TPSA) is 67.7 Å². The highest BCUT2D eigenvalue weighted by atomic mass is 16.6. The summed E-state index contributed by atoms with van der Waals surface area (Å²) in [5.74, 6) is -0.105. The molecule has 1 aromatic rings. The zero-order valence-corrected chi connectivity index (χ0v) is 15.6. The molecule has 1 aliphatic rings. The SMILES string of the molecule is CC1C(C)N(C(=O)c2ccn(C)n2)C(C)CN1C(=O)OC(C)(C)C. The molecule has 0 radical (unpaired) electrons. The van der Waals surface area contributed by atoms with Crippen molar-refractivity contribution in [1.82, 2.24) is 19.6 Å². The number of carbonyl (C=O) groups excluding carboxylic acids is 2. The van der Waals surface area contributed by atoms with Crippen LogP contribution >= 0.6 is 0 Å². The Kier molecular flexibility index (Phi) is 4.92. The first-order valence-corrected chi connectivity index (χ1v) is 8.33. The highest BCUT2D eigenvalue weighted by Crippen LogP contribution is 2.25. The number of piperazine rings is 1. The van der Waals surface area contributed by atoms with E-state index in [2.05, 4.69) is 5.10 Å². The van der Waals surface area contributed by atoms with Crippen LogP contribution in [0.25, 0.3) is 0 Å². The number of hydrogen-bond acceptors (Lipinski definition) is 4. The molecule has 0 aliphatic carbocycles. The molecule has 2 heterocycles. The van der Waals surface area contributed by atoms with Crippen LogP contribution in [-0.2, 0) is 11.8 Å². The van der Waals surface area contributed by atoms with Crippen molar-refractivity contribution in [3.8, 4) is 0 Å². The second-order valence-corrected chi connectivity index (χ2v) is 7.55. The molecule has 134 valence electrons. The first-order chi connectivity index (χ1) is 11.0. The predicted molar refractivity (Wildman–Crippen MR) is 90.7 cm³/mol. The van der Waals surface area contributed by atoms with Gasteiger partial charge < -0.3 is 14.5 Å². The van der Waals surface area contributed by atoms with E-state index in [1.54, 1.807) is 28.9 Å². The molecule has 1 fully saturated rings. The summed E-state index contributed by atoms with van der Waals surface area (Å²) < 4.78 is 7.11. The van der Waals surface area contributed by atoms with Crippen molar-refractivity contribution in [3.63, 3.8) is 0 Å². The Hall–Kier alpha value is -2.05. The number of aryl methyl sites for hydroxylation is 1. The van der Waals surface area contributed by atoms with Crippen molar-refractivity contribution in [2.75, 3.05) is 6.54 Å². The number of ether oxygens (including phenoxy) is 1. The lowest BCUT2D eigenvalue weighted by Gasteiger charge is -2.48. The summed E-state index contributed by atoms with van der Waals surface area (Å²) >= 11 is 0. The van der Waals surface area contributed by atoms with Crippen LogP contribution in [0.15, 0.2) is 12.3 Å². The Morgan fingerprint density at radius 1 is 1.21 bits per heavy atom. The summed E-state index contributed by atoms with van der Waals surface area (Å²) in [5.41, 5.74) is -0.112. The smallest absolute Gasteiger partial charge is 0.410 e. The van der Waals surface area contributed by atoms with Gasteiger partial charge >= 0.3 is 6.09 Å². The molecular formula is C17H28N4O3. The van der Waals surface area contributed by atoms with Crippen LogP contribution in [0.4, 0.5) is 4.79 Å². The fourth-order valence-electron chi connectivity index (χ4n) is 3.04. The molecule has 2 amide bonds. The summed E-state index contributed by atoms with van der Waals surface area (Å²) in [7, 11) is 1.78. The van der Waals surface area contributed by atoms with Crippen LogP contribution in [0, 0.1) is 0 Å². The Morgan fingerprint density at radius 3 is 2.33 bits per heavy atom. The lowest BCUT2D eigenvalue weighted by molar-refractivity contribution is -0.0238. The quantitative estimate of drug-likeness (QED) is 0.789. The number of aromatic nitrogens is 2. The van der Waals surface area contributed by atoms with Gasteiger partial charge in [-0.05, 0) is 47.6 Å². The molecule has 0 spiro atoms. The van der Waals surface area contributed by atoms with Gasteiger partial charge in [-0.1, -0.05) is 0 Å². The molecule has 7 nitrogen and oxygen atoms in total. The molecule has 7 heteroatoms. The second kappa shape index (κ2) is 6.45. The number of amides is 2. The molecule has 3 unspecified atom stereocenters.